The third-order valence-corrected chi connectivity index (χ3v) is 0.892. The Morgan fingerprint density at radius 2 is 2.00 bits per heavy atom. The first-order valence-corrected chi connectivity index (χ1v) is 3.51. The summed E-state index contributed by atoms with van der Waals surface area (Å²) in [4.78, 5) is 0. The van der Waals surface area contributed by atoms with E-state index in [9.17, 15) is 8.42 Å². The number of hydrogen-bond donors (Lipinski definition) is 0. The van der Waals surface area contributed by atoms with Gasteiger partial charge in [-0.2, -0.15) is 8.42 Å². The molecule has 0 aliphatic heterocycles. The van der Waals surface area contributed by atoms with Gasteiger partial charge < -0.3 is 11.1 Å². The summed E-state index contributed by atoms with van der Waals surface area (Å²) in [5.74, 6) is 0. The molecule has 0 bridgehead atoms. The Bertz CT molecular complexity index is 127. The van der Waals surface area contributed by atoms with Crippen molar-refractivity contribution in [2.45, 2.75) is 0 Å². The van der Waals surface area contributed by atoms with Crippen LogP contribution >= 0.6 is 0 Å². The number of hydrogen-bond acceptors (Lipinski definition) is 3. The molecule has 8 heavy (non-hydrogen) atoms. The SMILES string of the molecule is [CH2-]COS(C)(=O)=O.[Co]. The van der Waals surface area contributed by atoms with Crippen molar-refractivity contribution in [1.82, 2.24) is 0 Å². The standard InChI is InChI=1S/C3H7O3S.Co/c1-3-6-7(2,4)5;/h1,3H2,2H3;/q-1;. The zero-order chi connectivity index (χ0) is 5.91. The molecule has 0 unspecified atom stereocenters. The molecule has 0 aromatic carbocycles. The van der Waals surface area contributed by atoms with Gasteiger partial charge in [0.25, 0.3) is 10.1 Å². The predicted molar refractivity (Wildman–Crippen MR) is 26.2 cm³/mol. The maximum atomic E-state index is 9.97. The molecule has 0 aromatic rings. The maximum Gasteiger partial charge on any atom is 0.261 e. The molecule has 0 rings (SSSR count). The van der Waals surface area contributed by atoms with Gasteiger partial charge in [-0.3, -0.25) is 0 Å². The van der Waals surface area contributed by atoms with Crippen molar-refractivity contribution in [2.24, 2.45) is 0 Å². The maximum absolute atomic E-state index is 9.97. The van der Waals surface area contributed by atoms with E-state index < -0.39 is 10.1 Å². The first-order chi connectivity index (χ1) is 3.06. The molecule has 0 amide bonds. The van der Waals surface area contributed by atoms with Crippen molar-refractivity contribution in [2.75, 3.05) is 12.9 Å². The summed E-state index contributed by atoms with van der Waals surface area (Å²) in [5.41, 5.74) is 0. The van der Waals surface area contributed by atoms with Crippen molar-refractivity contribution in [3.8, 4) is 0 Å². The Morgan fingerprint density at radius 1 is 1.62 bits per heavy atom. The molecule has 0 atom stereocenters. The second kappa shape index (κ2) is 4.31. The van der Waals surface area contributed by atoms with Gasteiger partial charge in [-0.1, -0.05) is 6.61 Å². The van der Waals surface area contributed by atoms with Crippen LogP contribution in [0.2, 0.25) is 0 Å². The van der Waals surface area contributed by atoms with Crippen molar-refractivity contribution in [1.29, 1.82) is 0 Å². The Kier molecular flexibility index (Phi) is 6.06. The normalized spacial score (nSPS) is 10.2. The quantitative estimate of drug-likeness (QED) is 0.438. The van der Waals surface area contributed by atoms with Crippen LogP contribution < -0.4 is 0 Å². The fraction of sp³-hybridized carbons (Fsp3) is 0.667. The van der Waals surface area contributed by atoms with E-state index in [0.29, 0.717) is 0 Å². The van der Waals surface area contributed by atoms with Gasteiger partial charge in [-0.15, -0.1) is 0 Å². The summed E-state index contributed by atoms with van der Waals surface area (Å²) in [6.07, 6.45) is 0.984. The van der Waals surface area contributed by atoms with Crippen LogP contribution in [0.15, 0.2) is 0 Å². The fourth-order valence-electron chi connectivity index (χ4n) is 0.151. The molecule has 0 saturated heterocycles. The van der Waals surface area contributed by atoms with E-state index in [1.807, 2.05) is 0 Å². The molecule has 0 fully saturated rings. The minimum atomic E-state index is -3.24. The molecule has 0 N–H and O–H groups in total. The average molecular weight is 182 g/mol. The Labute approximate surface area is 59.7 Å². The average Bonchev–Trinajstić information content (AvgIpc) is 1.30. The van der Waals surface area contributed by atoms with Gasteiger partial charge in [0.2, 0.25) is 0 Å². The minimum Gasteiger partial charge on any atom is -0.317 e. The predicted octanol–water partition coefficient (Wildman–Crippen LogP) is -0.206. The monoisotopic (exact) mass is 182 g/mol. The molecule has 0 saturated carbocycles. The molecule has 0 heterocycles. The molecule has 5 heteroatoms. The summed E-state index contributed by atoms with van der Waals surface area (Å²) in [7, 11) is -3.24. The van der Waals surface area contributed by atoms with Crippen LogP contribution in [0.1, 0.15) is 0 Å². The van der Waals surface area contributed by atoms with Gasteiger partial charge >= 0.3 is 0 Å². The molecule has 0 aliphatic carbocycles. The van der Waals surface area contributed by atoms with E-state index in [1.165, 1.54) is 0 Å². The van der Waals surface area contributed by atoms with Crippen molar-refractivity contribution in [3.63, 3.8) is 0 Å². The number of rotatable bonds is 2. The minimum absolute atomic E-state index is 0. The first-order valence-electron chi connectivity index (χ1n) is 1.70. The second-order valence-corrected chi connectivity index (χ2v) is 2.67. The van der Waals surface area contributed by atoms with Crippen LogP contribution in [0.25, 0.3) is 0 Å². The van der Waals surface area contributed by atoms with Gasteiger partial charge in [0.15, 0.2) is 0 Å². The largest absolute Gasteiger partial charge is 0.317 e. The smallest absolute Gasteiger partial charge is 0.261 e. The van der Waals surface area contributed by atoms with Gasteiger partial charge in [0.1, 0.15) is 0 Å². The molecule has 3 nitrogen and oxygen atoms in total. The summed E-state index contributed by atoms with van der Waals surface area (Å²) in [6.45, 7) is 3.14. The fourth-order valence-corrected chi connectivity index (χ4v) is 0.454. The summed E-state index contributed by atoms with van der Waals surface area (Å²) < 4.78 is 24.0. The third-order valence-electron chi connectivity index (χ3n) is 0.297. The van der Waals surface area contributed by atoms with E-state index in [-0.39, 0.29) is 23.4 Å². The topological polar surface area (TPSA) is 43.4 Å². The second-order valence-electron chi connectivity index (χ2n) is 1.03. The van der Waals surface area contributed by atoms with Crippen LogP contribution in [-0.4, -0.2) is 21.3 Å². The molecule has 0 aromatic heterocycles. The van der Waals surface area contributed by atoms with Crippen molar-refractivity contribution in [3.05, 3.63) is 6.92 Å². The zero-order valence-electron chi connectivity index (χ0n) is 4.38. The van der Waals surface area contributed by atoms with Crippen LogP contribution in [0.4, 0.5) is 0 Å². The van der Waals surface area contributed by atoms with Crippen LogP contribution in [0.5, 0.6) is 0 Å². The van der Waals surface area contributed by atoms with Crippen LogP contribution in [0.3, 0.4) is 0 Å². The van der Waals surface area contributed by atoms with Gasteiger partial charge in [0, 0.05) is 16.8 Å². The van der Waals surface area contributed by atoms with E-state index in [4.69, 9.17) is 0 Å². The van der Waals surface area contributed by atoms with Gasteiger partial charge in [-0.05, 0) is 0 Å². The Balaban J connectivity index is 0. The Morgan fingerprint density at radius 3 is 2.00 bits per heavy atom. The molecule has 0 spiro atoms. The van der Waals surface area contributed by atoms with E-state index in [0.717, 1.165) is 6.26 Å². The third kappa shape index (κ3) is 9.65. The first kappa shape index (κ1) is 11.2. The van der Waals surface area contributed by atoms with E-state index >= 15 is 0 Å². The van der Waals surface area contributed by atoms with Crippen LogP contribution in [-0.2, 0) is 31.1 Å². The zero-order valence-corrected chi connectivity index (χ0v) is 6.24. The van der Waals surface area contributed by atoms with Gasteiger partial charge in [0.05, 0.1) is 6.26 Å². The van der Waals surface area contributed by atoms with Crippen molar-refractivity contribution >= 4 is 10.1 Å². The summed E-state index contributed by atoms with van der Waals surface area (Å²) in [6, 6.07) is 0. The molecule has 53 valence electrons. The van der Waals surface area contributed by atoms with Gasteiger partial charge in [-0.25, -0.2) is 0 Å². The summed E-state index contributed by atoms with van der Waals surface area (Å²) >= 11 is 0. The van der Waals surface area contributed by atoms with E-state index in [1.54, 1.807) is 0 Å². The Hall–Kier alpha value is 0.416. The van der Waals surface area contributed by atoms with Crippen LogP contribution in [0, 0.1) is 6.92 Å². The molecular formula is C3H7CoO3S-. The molecular weight excluding hydrogens is 175 g/mol. The summed E-state index contributed by atoms with van der Waals surface area (Å²) in [5, 5.41) is 0. The molecule has 0 aliphatic rings. The molecule has 1 radical (unpaired) electrons. The van der Waals surface area contributed by atoms with E-state index in [2.05, 4.69) is 11.1 Å². The van der Waals surface area contributed by atoms with Crippen molar-refractivity contribution < 1.29 is 29.4 Å².